The first-order valence-corrected chi connectivity index (χ1v) is 8.28. The van der Waals surface area contributed by atoms with Crippen LogP contribution in [0.1, 0.15) is 32.6 Å². The van der Waals surface area contributed by atoms with Crippen LogP contribution >= 0.6 is 23.2 Å². The van der Waals surface area contributed by atoms with Gasteiger partial charge in [-0.2, -0.15) is 0 Å². The molecule has 1 saturated carbocycles. The first kappa shape index (κ1) is 17.4. The van der Waals surface area contributed by atoms with Crippen molar-refractivity contribution in [2.24, 2.45) is 5.92 Å². The van der Waals surface area contributed by atoms with Crippen molar-refractivity contribution in [2.45, 2.75) is 44.7 Å². The van der Waals surface area contributed by atoms with Gasteiger partial charge in [0.05, 0.1) is 16.0 Å². The number of aliphatic carboxylic acids is 1. The number of carboxylic acid groups (broad SMARTS) is 1. The van der Waals surface area contributed by atoms with E-state index in [0.717, 1.165) is 25.7 Å². The molecule has 1 aromatic carbocycles. The second kappa shape index (κ2) is 8.04. The molecule has 0 heterocycles. The quantitative estimate of drug-likeness (QED) is 0.818. The highest BCUT2D eigenvalue weighted by atomic mass is 35.5. The molecule has 0 bridgehead atoms. The molecule has 1 fully saturated rings. The SMILES string of the molecule is CC(COc1ccc(Cl)c(Cl)c1)NC1CCC(C(=O)O)CC1. The summed E-state index contributed by atoms with van der Waals surface area (Å²) in [5, 5.41) is 13.5. The van der Waals surface area contributed by atoms with Crippen LogP contribution in [-0.4, -0.2) is 29.8 Å². The Morgan fingerprint density at radius 2 is 2.00 bits per heavy atom. The third-order valence-electron chi connectivity index (χ3n) is 3.99. The number of carboxylic acids is 1. The first-order valence-electron chi connectivity index (χ1n) is 7.52. The second-order valence-electron chi connectivity index (χ2n) is 5.84. The summed E-state index contributed by atoms with van der Waals surface area (Å²) in [5.41, 5.74) is 0. The molecule has 1 unspecified atom stereocenters. The Morgan fingerprint density at radius 3 is 2.59 bits per heavy atom. The minimum absolute atomic E-state index is 0.180. The van der Waals surface area contributed by atoms with Crippen molar-refractivity contribution >= 4 is 29.2 Å². The average molecular weight is 346 g/mol. The van der Waals surface area contributed by atoms with Crippen LogP contribution in [0.2, 0.25) is 10.0 Å². The van der Waals surface area contributed by atoms with Gasteiger partial charge in [-0.05, 0) is 44.7 Å². The summed E-state index contributed by atoms with van der Waals surface area (Å²) in [6.45, 7) is 2.58. The highest BCUT2D eigenvalue weighted by Gasteiger charge is 2.26. The minimum atomic E-state index is -0.672. The number of ether oxygens (including phenoxy) is 1. The van der Waals surface area contributed by atoms with Crippen LogP contribution in [0.5, 0.6) is 5.75 Å². The largest absolute Gasteiger partial charge is 0.492 e. The zero-order chi connectivity index (χ0) is 16.1. The standard InChI is InChI=1S/C16H21Cl2NO3/c1-10(9-22-13-6-7-14(17)15(18)8-13)19-12-4-2-11(3-5-12)16(20)21/h6-8,10-12,19H,2-5,9H2,1H3,(H,20,21). The first-order chi connectivity index (χ1) is 10.5. The van der Waals surface area contributed by atoms with E-state index in [0.29, 0.717) is 28.4 Å². The Bertz CT molecular complexity index is 516. The van der Waals surface area contributed by atoms with Gasteiger partial charge in [0.15, 0.2) is 0 Å². The van der Waals surface area contributed by atoms with Gasteiger partial charge >= 0.3 is 5.97 Å². The van der Waals surface area contributed by atoms with Crippen LogP contribution in [-0.2, 0) is 4.79 Å². The van der Waals surface area contributed by atoms with Crippen molar-refractivity contribution in [3.05, 3.63) is 28.2 Å². The Labute approximate surface area is 140 Å². The molecule has 122 valence electrons. The van der Waals surface area contributed by atoms with E-state index in [-0.39, 0.29) is 12.0 Å². The average Bonchev–Trinajstić information content (AvgIpc) is 2.49. The number of benzene rings is 1. The summed E-state index contributed by atoms with van der Waals surface area (Å²) in [6, 6.07) is 5.75. The van der Waals surface area contributed by atoms with Gasteiger partial charge in [0.2, 0.25) is 0 Å². The van der Waals surface area contributed by atoms with Crippen molar-refractivity contribution in [3.8, 4) is 5.75 Å². The molecule has 1 aliphatic rings. The monoisotopic (exact) mass is 345 g/mol. The van der Waals surface area contributed by atoms with Gasteiger partial charge in [-0.3, -0.25) is 4.79 Å². The number of hydrogen-bond acceptors (Lipinski definition) is 3. The maximum Gasteiger partial charge on any atom is 0.306 e. The topological polar surface area (TPSA) is 58.6 Å². The van der Waals surface area contributed by atoms with E-state index < -0.39 is 5.97 Å². The van der Waals surface area contributed by atoms with Crippen LogP contribution < -0.4 is 10.1 Å². The van der Waals surface area contributed by atoms with Crippen LogP contribution in [0.15, 0.2) is 18.2 Å². The van der Waals surface area contributed by atoms with Crippen LogP contribution in [0.4, 0.5) is 0 Å². The molecule has 0 amide bonds. The summed E-state index contributed by atoms with van der Waals surface area (Å²) in [7, 11) is 0. The van der Waals surface area contributed by atoms with E-state index >= 15 is 0 Å². The fourth-order valence-corrected chi connectivity index (χ4v) is 3.03. The van der Waals surface area contributed by atoms with E-state index in [1.54, 1.807) is 18.2 Å². The molecule has 4 nitrogen and oxygen atoms in total. The van der Waals surface area contributed by atoms with E-state index in [2.05, 4.69) is 12.2 Å². The Hall–Kier alpha value is -0.970. The van der Waals surface area contributed by atoms with Crippen LogP contribution in [0.25, 0.3) is 0 Å². The summed E-state index contributed by atoms with van der Waals surface area (Å²) in [6.07, 6.45) is 3.28. The Kier molecular flexibility index (Phi) is 6.36. The summed E-state index contributed by atoms with van der Waals surface area (Å²) >= 11 is 11.8. The highest BCUT2D eigenvalue weighted by molar-refractivity contribution is 6.42. The molecule has 1 aromatic rings. The highest BCUT2D eigenvalue weighted by Crippen LogP contribution is 2.27. The molecule has 1 atom stereocenters. The van der Waals surface area contributed by atoms with Gasteiger partial charge in [-0.1, -0.05) is 23.2 Å². The fourth-order valence-electron chi connectivity index (χ4n) is 2.75. The predicted molar refractivity (Wildman–Crippen MR) is 87.9 cm³/mol. The number of hydrogen-bond donors (Lipinski definition) is 2. The van der Waals surface area contributed by atoms with Crippen molar-refractivity contribution in [1.82, 2.24) is 5.32 Å². The molecule has 0 aliphatic heterocycles. The smallest absolute Gasteiger partial charge is 0.306 e. The second-order valence-corrected chi connectivity index (χ2v) is 6.66. The maximum atomic E-state index is 10.9. The molecule has 2 rings (SSSR count). The lowest BCUT2D eigenvalue weighted by Gasteiger charge is -2.29. The van der Waals surface area contributed by atoms with Gasteiger partial charge in [0, 0.05) is 18.2 Å². The Morgan fingerprint density at radius 1 is 1.32 bits per heavy atom. The van der Waals surface area contributed by atoms with Gasteiger partial charge in [0.1, 0.15) is 12.4 Å². The number of nitrogens with one attached hydrogen (secondary N) is 1. The van der Waals surface area contributed by atoms with E-state index in [1.807, 2.05) is 0 Å². The summed E-state index contributed by atoms with van der Waals surface area (Å²) in [5.74, 6) is -0.159. The zero-order valence-corrected chi connectivity index (χ0v) is 14.0. The predicted octanol–water partition coefficient (Wildman–Crippen LogP) is 3.99. The molecule has 0 saturated heterocycles. The minimum Gasteiger partial charge on any atom is -0.492 e. The van der Waals surface area contributed by atoms with E-state index in [9.17, 15) is 4.79 Å². The molecule has 6 heteroatoms. The normalized spacial score (nSPS) is 23.0. The fraction of sp³-hybridized carbons (Fsp3) is 0.562. The molecular formula is C16H21Cl2NO3. The lowest BCUT2D eigenvalue weighted by molar-refractivity contribution is -0.142. The van der Waals surface area contributed by atoms with E-state index in [1.165, 1.54) is 0 Å². The van der Waals surface area contributed by atoms with Crippen molar-refractivity contribution in [3.63, 3.8) is 0 Å². The lowest BCUT2D eigenvalue weighted by Crippen LogP contribution is -2.42. The van der Waals surface area contributed by atoms with Crippen molar-refractivity contribution in [1.29, 1.82) is 0 Å². The molecular weight excluding hydrogens is 325 g/mol. The van der Waals surface area contributed by atoms with Gasteiger partial charge in [-0.15, -0.1) is 0 Å². The number of rotatable bonds is 6. The summed E-state index contributed by atoms with van der Waals surface area (Å²) in [4.78, 5) is 10.9. The van der Waals surface area contributed by atoms with Gasteiger partial charge < -0.3 is 15.2 Å². The number of halogens is 2. The molecule has 0 aromatic heterocycles. The number of carbonyl (C=O) groups is 1. The van der Waals surface area contributed by atoms with Gasteiger partial charge in [-0.25, -0.2) is 0 Å². The third-order valence-corrected chi connectivity index (χ3v) is 4.73. The molecule has 0 radical (unpaired) electrons. The van der Waals surface area contributed by atoms with E-state index in [4.69, 9.17) is 33.0 Å². The molecule has 0 spiro atoms. The van der Waals surface area contributed by atoms with Crippen LogP contribution in [0, 0.1) is 5.92 Å². The van der Waals surface area contributed by atoms with Gasteiger partial charge in [0.25, 0.3) is 0 Å². The Balaban J connectivity index is 1.73. The molecule has 22 heavy (non-hydrogen) atoms. The lowest BCUT2D eigenvalue weighted by atomic mass is 9.86. The molecule has 1 aliphatic carbocycles. The van der Waals surface area contributed by atoms with Crippen molar-refractivity contribution in [2.75, 3.05) is 6.61 Å². The van der Waals surface area contributed by atoms with Crippen LogP contribution in [0.3, 0.4) is 0 Å². The maximum absolute atomic E-state index is 10.9. The third kappa shape index (κ3) is 5.04. The zero-order valence-electron chi connectivity index (χ0n) is 12.5. The molecule has 2 N–H and O–H groups in total. The van der Waals surface area contributed by atoms with Crippen molar-refractivity contribution < 1.29 is 14.6 Å². The summed E-state index contributed by atoms with van der Waals surface area (Å²) < 4.78 is 5.70.